The van der Waals surface area contributed by atoms with E-state index in [0.717, 1.165) is 17.8 Å². The normalized spacial score (nSPS) is 11.7. The molecule has 4 rings (SSSR count). The number of amides is 2. The second-order valence-corrected chi connectivity index (χ2v) is 10.8. The Morgan fingerprint density at radius 1 is 1.13 bits per heavy atom. The number of para-hydroxylation sites is 1. The molecule has 0 aliphatic carbocycles. The number of halogens is 2. The van der Waals surface area contributed by atoms with E-state index >= 15 is 0 Å². The van der Waals surface area contributed by atoms with Crippen LogP contribution in [0.5, 0.6) is 0 Å². The van der Waals surface area contributed by atoms with Crippen molar-refractivity contribution in [3.63, 3.8) is 0 Å². The van der Waals surface area contributed by atoms with Crippen molar-refractivity contribution < 1.29 is 23.9 Å². The molecule has 0 aliphatic heterocycles. The molecule has 0 unspecified atom stereocenters. The Morgan fingerprint density at radius 2 is 1.89 bits per heavy atom. The van der Waals surface area contributed by atoms with E-state index in [-0.39, 0.29) is 23.2 Å². The van der Waals surface area contributed by atoms with Crippen LogP contribution >= 0.6 is 34.7 Å². The molecule has 12 heteroatoms. The summed E-state index contributed by atoms with van der Waals surface area (Å²) in [7, 11) is 0. The number of carboxylic acid groups (broad SMARTS) is 1. The monoisotopic (exact) mass is 572 g/mol. The Balaban J connectivity index is 1.61. The lowest BCUT2D eigenvalue weighted by atomic mass is 10.1. The Bertz CT molecular complexity index is 1480. The van der Waals surface area contributed by atoms with Crippen molar-refractivity contribution in [3.05, 3.63) is 88.1 Å². The standard InChI is InChI=1S/C26H22ClFN4O4S2/c1-37-10-9-20(26(35)36)30-24(33)15-11-16(28)13-17(12-15)29-25(34)19-14-32(18-5-3-2-4-6-18)31-23(19)21-7-8-22(27)38-21/h2-8,11-14,20H,9-10H2,1H3,(H,29,34)(H,30,33)(H,35,36)/t20-/m0/s1. The largest absolute Gasteiger partial charge is 0.480 e. The Labute approximate surface area is 230 Å². The van der Waals surface area contributed by atoms with Crippen LogP contribution in [0.3, 0.4) is 0 Å². The summed E-state index contributed by atoms with van der Waals surface area (Å²) in [6, 6.07) is 14.9. The number of hydrogen-bond donors (Lipinski definition) is 3. The number of aliphatic carboxylic acids is 1. The Kier molecular flexibility index (Phi) is 8.82. The van der Waals surface area contributed by atoms with Gasteiger partial charge in [0.05, 0.1) is 20.5 Å². The Hall–Kier alpha value is -3.67. The fourth-order valence-electron chi connectivity index (χ4n) is 3.60. The number of hydrogen-bond acceptors (Lipinski definition) is 6. The lowest BCUT2D eigenvalue weighted by Gasteiger charge is -2.14. The highest BCUT2D eigenvalue weighted by atomic mass is 35.5. The molecule has 2 amide bonds. The van der Waals surface area contributed by atoms with Gasteiger partial charge in [0.25, 0.3) is 11.8 Å². The first-order valence-electron chi connectivity index (χ1n) is 11.3. The summed E-state index contributed by atoms with van der Waals surface area (Å²) in [5.74, 6) is -2.77. The lowest BCUT2D eigenvalue weighted by molar-refractivity contribution is -0.139. The van der Waals surface area contributed by atoms with Gasteiger partial charge in [-0.15, -0.1) is 11.3 Å². The predicted octanol–water partition coefficient (Wildman–Crippen LogP) is 5.58. The van der Waals surface area contributed by atoms with Crippen LogP contribution < -0.4 is 10.6 Å². The van der Waals surface area contributed by atoms with E-state index in [9.17, 15) is 23.9 Å². The molecule has 0 radical (unpaired) electrons. The molecule has 0 spiro atoms. The van der Waals surface area contributed by atoms with Crippen molar-refractivity contribution in [2.75, 3.05) is 17.3 Å². The second-order valence-electron chi connectivity index (χ2n) is 8.10. The highest BCUT2D eigenvalue weighted by molar-refractivity contribution is 7.98. The zero-order chi connectivity index (χ0) is 27.2. The highest BCUT2D eigenvalue weighted by Gasteiger charge is 2.23. The van der Waals surface area contributed by atoms with Gasteiger partial charge in [0.15, 0.2) is 0 Å². The summed E-state index contributed by atoms with van der Waals surface area (Å²) >= 11 is 8.81. The van der Waals surface area contributed by atoms with Gasteiger partial charge in [-0.25, -0.2) is 13.9 Å². The number of carbonyl (C=O) groups excluding carboxylic acids is 2. The number of nitrogens with one attached hydrogen (secondary N) is 2. The number of rotatable bonds is 10. The molecule has 196 valence electrons. The molecule has 2 aromatic carbocycles. The van der Waals surface area contributed by atoms with Gasteiger partial charge in [0, 0.05) is 17.4 Å². The molecule has 0 fully saturated rings. The van der Waals surface area contributed by atoms with Crippen molar-refractivity contribution in [1.82, 2.24) is 15.1 Å². The number of thioether (sulfide) groups is 1. The predicted molar refractivity (Wildman–Crippen MR) is 148 cm³/mol. The van der Waals surface area contributed by atoms with E-state index in [1.54, 1.807) is 23.0 Å². The van der Waals surface area contributed by atoms with Gasteiger partial charge < -0.3 is 15.7 Å². The Morgan fingerprint density at radius 3 is 2.55 bits per heavy atom. The fourth-order valence-corrected chi connectivity index (χ4v) is 5.12. The SMILES string of the molecule is CSCC[C@H](NC(=O)c1cc(F)cc(NC(=O)c2cn(-c3ccccc3)nc2-c2ccc(Cl)s2)c1)C(=O)O. The third-order valence-corrected chi connectivity index (χ3v) is 7.30. The number of carboxylic acids is 1. The minimum Gasteiger partial charge on any atom is -0.480 e. The second kappa shape index (κ2) is 12.2. The number of benzene rings is 2. The molecule has 2 aromatic heterocycles. The first-order chi connectivity index (χ1) is 18.2. The quantitative estimate of drug-likeness (QED) is 0.229. The average Bonchev–Trinajstić information content (AvgIpc) is 3.53. The van der Waals surface area contributed by atoms with Crippen molar-refractivity contribution in [1.29, 1.82) is 0 Å². The molecule has 0 aliphatic rings. The van der Waals surface area contributed by atoms with Gasteiger partial charge in [-0.1, -0.05) is 29.8 Å². The molecule has 3 N–H and O–H groups in total. The minimum atomic E-state index is -1.19. The molecular formula is C26H22ClFN4O4S2. The summed E-state index contributed by atoms with van der Waals surface area (Å²) in [5, 5.41) is 19.0. The van der Waals surface area contributed by atoms with Crippen LogP contribution in [0.25, 0.3) is 16.3 Å². The maximum atomic E-state index is 14.4. The molecule has 0 bridgehead atoms. The molecule has 2 heterocycles. The van der Waals surface area contributed by atoms with E-state index in [0.29, 0.717) is 20.7 Å². The van der Waals surface area contributed by atoms with Crippen LogP contribution in [0.2, 0.25) is 4.34 Å². The topological polar surface area (TPSA) is 113 Å². The summed E-state index contributed by atoms with van der Waals surface area (Å²) in [5.41, 5.74) is 1.23. The van der Waals surface area contributed by atoms with Crippen LogP contribution in [-0.4, -0.2) is 50.7 Å². The maximum Gasteiger partial charge on any atom is 0.326 e. The molecule has 38 heavy (non-hydrogen) atoms. The van der Waals surface area contributed by atoms with Gasteiger partial charge in [-0.2, -0.15) is 16.9 Å². The minimum absolute atomic E-state index is 0.0266. The number of nitrogens with zero attached hydrogens (tertiary/aromatic N) is 2. The highest BCUT2D eigenvalue weighted by Crippen LogP contribution is 2.33. The zero-order valence-electron chi connectivity index (χ0n) is 20.0. The molecular weight excluding hydrogens is 551 g/mol. The van der Waals surface area contributed by atoms with Gasteiger partial charge in [0.1, 0.15) is 17.6 Å². The van der Waals surface area contributed by atoms with Gasteiger partial charge in [-0.3, -0.25) is 9.59 Å². The summed E-state index contributed by atoms with van der Waals surface area (Å²) < 4.78 is 16.5. The molecule has 0 saturated carbocycles. The van der Waals surface area contributed by atoms with Crippen LogP contribution in [0.4, 0.5) is 10.1 Å². The van der Waals surface area contributed by atoms with E-state index in [1.165, 1.54) is 29.2 Å². The van der Waals surface area contributed by atoms with Gasteiger partial charge in [0.2, 0.25) is 0 Å². The van der Waals surface area contributed by atoms with Crippen molar-refractivity contribution in [3.8, 4) is 16.3 Å². The number of carbonyl (C=O) groups is 3. The van der Waals surface area contributed by atoms with E-state index < -0.39 is 29.6 Å². The van der Waals surface area contributed by atoms with E-state index in [2.05, 4.69) is 15.7 Å². The van der Waals surface area contributed by atoms with Crippen molar-refractivity contribution in [2.45, 2.75) is 12.5 Å². The molecule has 4 aromatic rings. The summed E-state index contributed by atoms with van der Waals surface area (Å²) in [6.45, 7) is 0. The van der Waals surface area contributed by atoms with Crippen molar-refractivity contribution in [2.24, 2.45) is 0 Å². The molecule has 1 atom stereocenters. The van der Waals surface area contributed by atoms with E-state index in [1.807, 2.05) is 36.6 Å². The lowest BCUT2D eigenvalue weighted by Crippen LogP contribution is -2.41. The first-order valence-corrected chi connectivity index (χ1v) is 13.9. The number of thiophene rings is 1. The third kappa shape index (κ3) is 6.60. The van der Waals surface area contributed by atoms with Crippen LogP contribution in [-0.2, 0) is 4.79 Å². The summed E-state index contributed by atoms with van der Waals surface area (Å²) in [4.78, 5) is 38.2. The fraction of sp³-hybridized carbons (Fsp3) is 0.154. The number of aromatic nitrogens is 2. The van der Waals surface area contributed by atoms with Crippen LogP contribution in [0, 0.1) is 5.82 Å². The van der Waals surface area contributed by atoms with Crippen LogP contribution in [0.15, 0.2) is 66.9 Å². The van der Waals surface area contributed by atoms with Gasteiger partial charge in [-0.05, 0) is 60.9 Å². The maximum absolute atomic E-state index is 14.4. The molecule has 0 saturated heterocycles. The first kappa shape index (κ1) is 27.4. The number of anilines is 1. The van der Waals surface area contributed by atoms with Gasteiger partial charge >= 0.3 is 5.97 Å². The molecule has 8 nitrogen and oxygen atoms in total. The van der Waals surface area contributed by atoms with Crippen molar-refractivity contribution >= 4 is 58.2 Å². The zero-order valence-corrected chi connectivity index (χ0v) is 22.4. The van der Waals surface area contributed by atoms with E-state index in [4.69, 9.17) is 11.6 Å². The average molecular weight is 573 g/mol. The third-order valence-electron chi connectivity index (χ3n) is 5.42. The smallest absolute Gasteiger partial charge is 0.326 e. The van der Waals surface area contributed by atoms with Crippen LogP contribution in [0.1, 0.15) is 27.1 Å². The summed E-state index contributed by atoms with van der Waals surface area (Å²) in [6.07, 6.45) is 3.59.